The van der Waals surface area contributed by atoms with Crippen molar-refractivity contribution in [3.8, 4) is 0 Å². The van der Waals surface area contributed by atoms with Crippen molar-refractivity contribution in [2.24, 2.45) is 0 Å². The van der Waals surface area contributed by atoms with Crippen LogP contribution in [0.3, 0.4) is 0 Å². The van der Waals surface area contributed by atoms with Crippen LogP contribution in [0.1, 0.15) is 12.5 Å². The van der Waals surface area contributed by atoms with Gasteiger partial charge in [-0.05, 0) is 13.0 Å². The SMILES string of the molecule is CCOCN1Cc2ccccc2[S+]1[O-]. The van der Waals surface area contributed by atoms with E-state index in [0.717, 1.165) is 17.0 Å². The second kappa shape index (κ2) is 4.31. The predicted molar refractivity (Wildman–Crippen MR) is 54.9 cm³/mol. The largest absolute Gasteiger partial charge is 0.593 e. The smallest absolute Gasteiger partial charge is 0.178 e. The molecule has 1 aromatic carbocycles. The average molecular weight is 211 g/mol. The van der Waals surface area contributed by atoms with Gasteiger partial charge in [0.25, 0.3) is 0 Å². The van der Waals surface area contributed by atoms with Crippen LogP contribution in [0.15, 0.2) is 29.2 Å². The first kappa shape index (κ1) is 9.98. The van der Waals surface area contributed by atoms with E-state index in [0.29, 0.717) is 13.3 Å². The molecule has 1 aliphatic rings. The van der Waals surface area contributed by atoms with Gasteiger partial charge in [-0.3, -0.25) is 0 Å². The quantitative estimate of drug-likeness (QED) is 0.711. The lowest BCUT2D eigenvalue weighted by molar-refractivity contribution is 0.0799. The number of rotatable bonds is 3. The maximum absolute atomic E-state index is 11.9. The molecule has 0 radical (unpaired) electrons. The zero-order valence-electron chi connectivity index (χ0n) is 8.10. The zero-order valence-corrected chi connectivity index (χ0v) is 8.92. The summed E-state index contributed by atoms with van der Waals surface area (Å²) in [6.07, 6.45) is 0. The molecular formula is C10H13NO2S. The Morgan fingerprint density at radius 3 is 3.00 bits per heavy atom. The molecule has 0 N–H and O–H groups in total. The van der Waals surface area contributed by atoms with E-state index < -0.39 is 11.4 Å². The molecule has 1 atom stereocenters. The fourth-order valence-electron chi connectivity index (χ4n) is 1.48. The number of hydrogen-bond donors (Lipinski definition) is 0. The van der Waals surface area contributed by atoms with Gasteiger partial charge in [-0.15, -0.1) is 0 Å². The molecule has 0 fully saturated rings. The van der Waals surface area contributed by atoms with E-state index in [4.69, 9.17) is 4.74 Å². The fourth-order valence-corrected chi connectivity index (χ4v) is 2.74. The maximum atomic E-state index is 11.9. The molecule has 1 aromatic rings. The van der Waals surface area contributed by atoms with Gasteiger partial charge in [-0.1, -0.05) is 22.5 Å². The molecule has 76 valence electrons. The summed E-state index contributed by atoms with van der Waals surface area (Å²) < 4.78 is 18.9. The average Bonchev–Trinajstić information content (AvgIpc) is 2.54. The van der Waals surface area contributed by atoms with E-state index in [1.54, 1.807) is 0 Å². The Hall–Kier alpha value is -0.550. The van der Waals surface area contributed by atoms with Crippen LogP contribution >= 0.6 is 0 Å². The number of ether oxygens (including phenoxy) is 1. The van der Waals surface area contributed by atoms with Crippen molar-refractivity contribution in [2.75, 3.05) is 13.3 Å². The van der Waals surface area contributed by atoms with Crippen LogP contribution in [0, 0.1) is 0 Å². The van der Waals surface area contributed by atoms with Gasteiger partial charge in [0, 0.05) is 12.2 Å². The Morgan fingerprint density at radius 1 is 1.50 bits per heavy atom. The van der Waals surface area contributed by atoms with E-state index in [-0.39, 0.29) is 0 Å². The van der Waals surface area contributed by atoms with Gasteiger partial charge in [0.1, 0.15) is 6.73 Å². The first-order valence-electron chi connectivity index (χ1n) is 4.65. The zero-order chi connectivity index (χ0) is 9.97. The van der Waals surface area contributed by atoms with Crippen molar-refractivity contribution < 1.29 is 9.29 Å². The first-order valence-corrected chi connectivity index (χ1v) is 5.76. The molecule has 14 heavy (non-hydrogen) atoms. The second-order valence-corrected chi connectivity index (χ2v) is 4.57. The maximum Gasteiger partial charge on any atom is 0.178 e. The summed E-state index contributed by atoms with van der Waals surface area (Å²) in [5, 5.41) is 0. The highest BCUT2D eigenvalue weighted by atomic mass is 32.2. The highest BCUT2D eigenvalue weighted by Gasteiger charge is 2.33. The Labute approximate surface area is 87.0 Å². The molecule has 0 amide bonds. The molecular weight excluding hydrogens is 198 g/mol. The summed E-state index contributed by atoms with van der Waals surface area (Å²) in [6, 6.07) is 7.82. The van der Waals surface area contributed by atoms with E-state index >= 15 is 0 Å². The lowest BCUT2D eigenvalue weighted by Crippen LogP contribution is -2.27. The van der Waals surface area contributed by atoms with Gasteiger partial charge >= 0.3 is 0 Å². The summed E-state index contributed by atoms with van der Waals surface area (Å²) in [5.74, 6) is 0. The van der Waals surface area contributed by atoms with Crippen molar-refractivity contribution in [1.29, 1.82) is 0 Å². The van der Waals surface area contributed by atoms with Crippen LogP contribution in [0.5, 0.6) is 0 Å². The summed E-state index contributed by atoms with van der Waals surface area (Å²) in [5.41, 5.74) is 1.14. The normalized spacial score (nSPS) is 21.1. The van der Waals surface area contributed by atoms with Gasteiger partial charge in [0.2, 0.25) is 0 Å². The van der Waals surface area contributed by atoms with Crippen molar-refractivity contribution in [2.45, 2.75) is 18.4 Å². The second-order valence-electron chi connectivity index (χ2n) is 3.12. The minimum atomic E-state index is -1.03. The standard InChI is InChI=1S/C10H13NO2S/c1-2-13-8-11-7-9-5-3-4-6-10(9)14(11)12/h3-6H,2,7-8H2,1H3. The number of hydrogen-bond acceptors (Lipinski definition) is 3. The molecule has 1 unspecified atom stereocenters. The van der Waals surface area contributed by atoms with Crippen molar-refractivity contribution in [3.63, 3.8) is 0 Å². The predicted octanol–water partition coefficient (Wildman–Crippen LogP) is 1.52. The number of nitrogens with zero attached hydrogens (tertiary/aromatic N) is 1. The van der Waals surface area contributed by atoms with Crippen molar-refractivity contribution in [3.05, 3.63) is 29.8 Å². The van der Waals surface area contributed by atoms with E-state index in [2.05, 4.69) is 0 Å². The highest BCUT2D eigenvalue weighted by Crippen LogP contribution is 2.29. The van der Waals surface area contributed by atoms with E-state index in [1.165, 1.54) is 0 Å². The third kappa shape index (κ3) is 1.79. The Balaban J connectivity index is 2.09. The molecule has 0 aromatic heterocycles. The van der Waals surface area contributed by atoms with Gasteiger partial charge < -0.3 is 9.29 Å². The van der Waals surface area contributed by atoms with Crippen LogP contribution in [0.25, 0.3) is 0 Å². The van der Waals surface area contributed by atoms with Gasteiger partial charge in [-0.25, -0.2) is 0 Å². The fraction of sp³-hybridized carbons (Fsp3) is 0.400. The summed E-state index contributed by atoms with van der Waals surface area (Å²) in [7, 11) is 0. The summed E-state index contributed by atoms with van der Waals surface area (Å²) in [4.78, 5) is 0.923. The Kier molecular flexibility index (Phi) is 3.08. The molecule has 0 spiro atoms. The molecule has 3 nitrogen and oxygen atoms in total. The van der Waals surface area contributed by atoms with E-state index in [1.807, 2.05) is 35.5 Å². The van der Waals surface area contributed by atoms with Crippen LogP contribution in [-0.4, -0.2) is 22.2 Å². The highest BCUT2D eigenvalue weighted by molar-refractivity contribution is 7.89. The van der Waals surface area contributed by atoms with Crippen LogP contribution in [0.2, 0.25) is 0 Å². The summed E-state index contributed by atoms with van der Waals surface area (Å²) >= 11 is -1.03. The number of benzene rings is 1. The molecule has 2 rings (SSSR count). The summed E-state index contributed by atoms with van der Waals surface area (Å²) in [6.45, 7) is 3.76. The Bertz CT molecular complexity index is 319. The lowest BCUT2D eigenvalue weighted by Gasteiger charge is -2.15. The molecule has 0 saturated heterocycles. The van der Waals surface area contributed by atoms with Crippen molar-refractivity contribution in [1.82, 2.24) is 4.31 Å². The monoisotopic (exact) mass is 211 g/mol. The minimum Gasteiger partial charge on any atom is -0.593 e. The molecule has 0 bridgehead atoms. The molecule has 1 heterocycles. The van der Waals surface area contributed by atoms with Crippen LogP contribution in [-0.2, 0) is 22.6 Å². The number of fused-ring (bicyclic) bond motifs is 1. The molecule has 0 saturated carbocycles. The minimum absolute atomic E-state index is 0.442. The van der Waals surface area contributed by atoms with Crippen molar-refractivity contribution >= 4 is 11.4 Å². The van der Waals surface area contributed by atoms with Gasteiger partial charge in [0.15, 0.2) is 4.90 Å². The third-order valence-electron chi connectivity index (χ3n) is 2.18. The molecule has 1 aliphatic heterocycles. The topological polar surface area (TPSA) is 35.5 Å². The van der Waals surface area contributed by atoms with Gasteiger partial charge in [-0.2, -0.15) is 0 Å². The van der Waals surface area contributed by atoms with Crippen LogP contribution < -0.4 is 0 Å². The molecule has 0 aliphatic carbocycles. The Morgan fingerprint density at radius 2 is 2.29 bits per heavy atom. The lowest BCUT2D eigenvalue weighted by atomic mass is 10.2. The van der Waals surface area contributed by atoms with Crippen LogP contribution in [0.4, 0.5) is 0 Å². The molecule has 4 heteroatoms. The first-order chi connectivity index (χ1) is 6.83. The van der Waals surface area contributed by atoms with Gasteiger partial charge in [0.05, 0.1) is 17.9 Å². The third-order valence-corrected chi connectivity index (χ3v) is 3.66. The van der Waals surface area contributed by atoms with E-state index in [9.17, 15) is 4.55 Å².